The quantitative estimate of drug-likeness (QED) is 0.518. The molecule has 8 heteroatoms. The van der Waals surface area contributed by atoms with E-state index in [2.05, 4.69) is 47.0 Å². The molecule has 5 unspecified atom stereocenters. The van der Waals surface area contributed by atoms with Crippen LogP contribution in [0.15, 0.2) is 37.2 Å². The fourth-order valence-corrected chi connectivity index (χ4v) is 7.50. The first-order valence-corrected chi connectivity index (χ1v) is 12.9. The van der Waals surface area contributed by atoms with Gasteiger partial charge < -0.3 is 4.90 Å². The number of alkyl halides is 1. The molecule has 2 aromatic rings. The zero-order chi connectivity index (χ0) is 23.6. The van der Waals surface area contributed by atoms with E-state index in [1.165, 1.54) is 17.3 Å². The number of carbonyl (C=O) groups excluding carboxylic acids is 1. The van der Waals surface area contributed by atoms with Crippen LogP contribution in [0.1, 0.15) is 49.4 Å². The van der Waals surface area contributed by atoms with Gasteiger partial charge in [0.15, 0.2) is 0 Å². The van der Waals surface area contributed by atoms with Gasteiger partial charge in [0.25, 0.3) is 0 Å². The Morgan fingerprint density at radius 3 is 2.85 bits per heavy atom. The Labute approximate surface area is 205 Å². The van der Waals surface area contributed by atoms with E-state index in [0.29, 0.717) is 23.9 Å². The lowest BCUT2D eigenvalue weighted by Gasteiger charge is -2.58. The Balaban J connectivity index is 1.35. The highest BCUT2D eigenvalue weighted by atomic mass is 35.5. The summed E-state index contributed by atoms with van der Waals surface area (Å²) in [6.07, 6.45) is 8.35. The molecule has 7 nitrogen and oxygen atoms in total. The van der Waals surface area contributed by atoms with E-state index in [1.54, 1.807) is 0 Å². The highest BCUT2D eigenvalue weighted by Gasteiger charge is 2.55. The van der Waals surface area contributed by atoms with Gasteiger partial charge in [-0.25, -0.2) is 0 Å². The smallest absolute Gasteiger partial charge is 0.245 e. The zero-order valence-electron chi connectivity index (χ0n) is 19.9. The van der Waals surface area contributed by atoms with Crippen LogP contribution in [0.4, 0.5) is 0 Å². The number of pyridine rings is 1. The molecule has 2 aliphatic carbocycles. The Morgan fingerprint density at radius 1 is 1.35 bits per heavy atom. The molecule has 1 amide bonds. The molecule has 2 saturated heterocycles. The molecule has 2 aliphatic heterocycles. The highest BCUT2D eigenvalue weighted by molar-refractivity contribution is 6.21. The zero-order valence-corrected chi connectivity index (χ0v) is 20.6. The SMILES string of the molecule is C=CC(=O)N1CC2(CC(n3nc(-c4cccnc4)c(C4C(Cl)C(C)CC5NNCC54)c3C)C2)C1. The van der Waals surface area contributed by atoms with Crippen LogP contribution in [-0.4, -0.2) is 56.6 Å². The first kappa shape index (κ1) is 22.3. The molecule has 6 rings (SSSR count). The average molecular weight is 481 g/mol. The molecule has 34 heavy (non-hydrogen) atoms. The molecule has 4 fully saturated rings. The number of likely N-dealkylation sites (tertiary alicyclic amines) is 1. The number of rotatable bonds is 4. The van der Waals surface area contributed by atoms with Crippen LogP contribution in [0.3, 0.4) is 0 Å². The third-order valence-corrected chi connectivity index (χ3v) is 9.50. The second-order valence-electron chi connectivity index (χ2n) is 11.0. The highest BCUT2D eigenvalue weighted by Crippen LogP contribution is 2.55. The lowest BCUT2D eigenvalue weighted by atomic mass is 9.60. The lowest BCUT2D eigenvalue weighted by molar-refractivity contribution is -0.149. The molecule has 4 aliphatic rings. The number of aromatic nitrogens is 3. The van der Waals surface area contributed by atoms with E-state index in [9.17, 15) is 4.79 Å². The molecule has 2 N–H and O–H groups in total. The molecule has 2 aromatic heterocycles. The summed E-state index contributed by atoms with van der Waals surface area (Å²) < 4.78 is 2.26. The van der Waals surface area contributed by atoms with Gasteiger partial charge in [-0.2, -0.15) is 5.10 Å². The fourth-order valence-electron chi connectivity index (χ4n) is 7.08. The first-order valence-electron chi connectivity index (χ1n) is 12.4. The number of nitrogens with zero attached hydrogens (tertiary/aromatic N) is 4. The topological polar surface area (TPSA) is 75.1 Å². The maximum atomic E-state index is 11.9. The number of hydrazine groups is 1. The summed E-state index contributed by atoms with van der Waals surface area (Å²) in [6.45, 7) is 10.7. The van der Waals surface area contributed by atoms with Crippen molar-refractivity contribution in [3.63, 3.8) is 0 Å². The van der Waals surface area contributed by atoms with Crippen molar-refractivity contribution in [2.45, 2.75) is 56.5 Å². The minimum Gasteiger partial charge on any atom is -0.338 e. The molecule has 1 spiro atoms. The molecular weight excluding hydrogens is 448 g/mol. The molecule has 0 bridgehead atoms. The van der Waals surface area contributed by atoms with Gasteiger partial charge in [-0.05, 0) is 56.2 Å². The number of carbonyl (C=O) groups is 1. The monoisotopic (exact) mass is 480 g/mol. The summed E-state index contributed by atoms with van der Waals surface area (Å²) in [4.78, 5) is 18.2. The number of halogens is 1. The summed E-state index contributed by atoms with van der Waals surface area (Å²) >= 11 is 7.18. The third-order valence-electron chi connectivity index (χ3n) is 8.80. The van der Waals surface area contributed by atoms with Gasteiger partial charge in [0.2, 0.25) is 5.91 Å². The summed E-state index contributed by atoms with van der Waals surface area (Å²) in [7, 11) is 0. The van der Waals surface area contributed by atoms with E-state index in [-0.39, 0.29) is 22.6 Å². The summed E-state index contributed by atoms with van der Waals surface area (Å²) in [5.41, 5.74) is 11.7. The summed E-state index contributed by atoms with van der Waals surface area (Å²) in [5, 5.41) is 5.29. The number of hydrogen-bond acceptors (Lipinski definition) is 5. The Bertz CT molecular complexity index is 1100. The van der Waals surface area contributed by atoms with E-state index in [4.69, 9.17) is 16.7 Å². The maximum absolute atomic E-state index is 11.9. The minimum absolute atomic E-state index is 0.0402. The van der Waals surface area contributed by atoms with Crippen molar-refractivity contribution in [2.75, 3.05) is 19.6 Å². The van der Waals surface area contributed by atoms with Crippen LogP contribution >= 0.6 is 11.6 Å². The second-order valence-corrected chi connectivity index (χ2v) is 11.5. The van der Waals surface area contributed by atoms with Gasteiger partial charge in [0.05, 0.1) is 11.7 Å². The second kappa shape index (κ2) is 8.18. The van der Waals surface area contributed by atoms with Gasteiger partial charge >= 0.3 is 0 Å². The normalized spacial score (nSPS) is 32.2. The lowest BCUT2D eigenvalue weighted by Crippen LogP contribution is -2.63. The number of fused-ring (bicyclic) bond motifs is 1. The standard InChI is InChI=1S/C26H33ClN6O/c1-4-21(34)32-13-26(14-32)9-18(10-26)33-16(3)22(25(31-33)17-6-5-7-28-11-17)23-19-12-29-30-20(19)8-15(2)24(23)27/h4-7,11,15,18-20,23-24,29-30H,1,8-10,12-14H2,2-3H3. The van der Waals surface area contributed by atoms with Gasteiger partial charge in [0, 0.05) is 71.6 Å². The molecule has 0 aromatic carbocycles. The van der Waals surface area contributed by atoms with Crippen molar-refractivity contribution < 1.29 is 4.79 Å². The van der Waals surface area contributed by atoms with Crippen LogP contribution in [0.5, 0.6) is 0 Å². The first-order chi connectivity index (χ1) is 16.4. The van der Waals surface area contributed by atoms with Gasteiger partial charge in [0.1, 0.15) is 0 Å². The van der Waals surface area contributed by atoms with Crippen molar-refractivity contribution in [2.24, 2.45) is 17.3 Å². The Hall–Kier alpha value is -2.22. The number of hydrogen-bond donors (Lipinski definition) is 2. The fraction of sp³-hybridized carbons (Fsp3) is 0.577. The molecule has 4 heterocycles. The predicted molar refractivity (Wildman–Crippen MR) is 132 cm³/mol. The molecule has 2 saturated carbocycles. The van der Waals surface area contributed by atoms with Gasteiger partial charge in [-0.1, -0.05) is 13.5 Å². The van der Waals surface area contributed by atoms with Crippen LogP contribution < -0.4 is 10.9 Å². The van der Waals surface area contributed by atoms with Crippen LogP contribution in [0.25, 0.3) is 11.3 Å². The minimum atomic E-state index is 0.0402. The van der Waals surface area contributed by atoms with E-state index >= 15 is 0 Å². The van der Waals surface area contributed by atoms with Crippen LogP contribution in [0.2, 0.25) is 0 Å². The van der Waals surface area contributed by atoms with Crippen LogP contribution in [-0.2, 0) is 4.79 Å². The van der Waals surface area contributed by atoms with Crippen molar-refractivity contribution in [3.8, 4) is 11.3 Å². The third kappa shape index (κ3) is 3.35. The average Bonchev–Trinajstić information content (AvgIpc) is 3.38. The molecule has 180 valence electrons. The van der Waals surface area contributed by atoms with Crippen molar-refractivity contribution in [1.29, 1.82) is 0 Å². The Kier molecular flexibility index (Phi) is 5.35. The Morgan fingerprint density at radius 2 is 2.15 bits per heavy atom. The summed E-state index contributed by atoms with van der Waals surface area (Å²) in [5.74, 6) is 1.11. The molecule has 0 radical (unpaired) electrons. The molecular formula is C26H33ClN6O. The summed E-state index contributed by atoms with van der Waals surface area (Å²) in [6, 6.07) is 4.87. The van der Waals surface area contributed by atoms with E-state index < -0.39 is 0 Å². The van der Waals surface area contributed by atoms with Crippen molar-refractivity contribution >= 4 is 17.5 Å². The van der Waals surface area contributed by atoms with Crippen molar-refractivity contribution in [3.05, 3.63) is 48.4 Å². The van der Waals surface area contributed by atoms with E-state index in [1.807, 2.05) is 23.4 Å². The number of nitrogens with one attached hydrogen (secondary N) is 2. The van der Waals surface area contributed by atoms with Crippen LogP contribution in [0, 0.1) is 24.2 Å². The van der Waals surface area contributed by atoms with Crippen molar-refractivity contribution in [1.82, 2.24) is 30.5 Å². The van der Waals surface area contributed by atoms with E-state index in [0.717, 1.165) is 50.2 Å². The predicted octanol–water partition coefficient (Wildman–Crippen LogP) is 3.43. The van der Waals surface area contributed by atoms with Gasteiger partial charge in [-0.15, -0.1) is 11.6 Å². The number of amides is 1. The molecule has 5 atom stereocenters. The largest absolute Gasteiger partial charge is 0.338 e. The maximum Gasteiger partial charge on any atom is 0.245 e. The van der Waals surface area contributed by atoms with Gasteiger partial charge in [-0.3, -0.25) is 25.3 Å².